The molecule has 0 aliphatic heterocycles. The van der Waals surface area contributed by atoms with Crippen LogP contribution in [0.4, 0.5) is 0 Å². The minimum Gasteiger partial charge on any atom is -0.192 e. The highest BCUT2D eigenvalue weighted by molar-refractivity contribution is 9.10. The number of hydrogen-bond acceptors (Lipinski definition) is 2. The Hall–Kier alpha value is -4.18. The van der Waals surface area contributed by atoms with Crippen molar-refractivity contribution in [2.45, 2.75) is 0 Å². The molecule has 0 aliphatic rings. The van der Waals surface area contributed by atoms with E-state index in [-0.39, 0.29) is 0 Å². The second-order valence-corrected chi connectivity index (χ2v) is 9.00. The molecule has 3 heteroatoms. The summed E-state index contributed by atoms with van der Waals surface area (Å²) >= 11 is 3.81. The molecule has 6 rings (SSSR count). The fourth-order valence-electron chi connectivity index (χ4n) is 4.79. The van der Waals surface area contributed by atoms with Crippen LogP contribution in [0.3, 0.4) is 0 Å². The van der Waals surface area contributed by atoms with Crippen molar-refractivity contribution in [3.05, 3.63) is 107 Å². The van der Waals surface area contributed by atoms with Crippen molar-refractivity contribution < 1.29 is 0 Å². The van der Waals surface area contributed by atoms with E-state index in [1.807, 2.05) is 48.5 Å². The van der Waals surface area contributed by atoms with Crippen molar-refractivity contribution in [3.8, 4) is 34.4 Å². The summed E-state index contributed by atoms with van der Waals surface area (Å²) < 4.78 is 1.05. The van der Waals surface area contributed by atoms with Gasteiger partial charge in [0, 0.05) is 4.47 Å². The average Bonchev–Trinajstić information content (AvgIpc) is 2.88. The normalized spacial score (nSPS) is 11.1. The Morgan fingerprint density at radius 2 is 1.03 bits per heavy atom. The number of nitriles is 2. The molecular weight excluding hydrogens is 468 g/mol. The first-order valence-corrected chi connectivity index (χ1v) is 11.4. The first kappa shape index (κ1) is 19.5. The molecule has 0 spiro atoms. The molecule has 0 aliphatic carbocycles. The molecule has 0 saturated heterocycles. The molecule has 2 nitrogen and oxygen atoms in total. The third-order valence-electron chi connectivity index (χ3n) is 6.38. The predicted molar refractivity (Wildman–Crippen MR) is 138 cm³/mol. The molecule has 6 aromatic carbocycles. The second kappa shape index (κ2) is 7.45. The summed E-state index contributed by atoms with van der Waals surface area (Å²) in [7, 11) is 0. The van der Waals surface area contributed by atoms with E-state index in [1.54, 1.807) is 0 Å². The Bertz CT molecular complexity index is 1770. The third kappa shape index (κ3) is 2.99. The maximum absolute atomic E-state index is 9.18. The van der Waals surface area contributed by atoms with Gasteiger partial charge in [-0.05, 0) is 84.9 Å². The number of nitrogens with zero attached hydrogens (tertiary/aromatic N) is 2. The Labute approximate surface area is 199 Å². The van der Waals surface area contributed by atoms with Gasteiger partial charge in [-0.3, -0.25) is 0 Å². The highest BCUT2D eigenvalue weighted by atomic mass is 79.9. The van der Waals surface area contributed by atoms with Crippen LogP contribution in [0.5, 0.6) is 0 Å². The van der Waals surface area contributed by atoms with Gasteiger partial charge < -0.3 is 0 Å². The summed E-state index contributed by atoms with van der Waals surface area (Å²) in [5.74, 6) is 0. The number of hydrogen-bond donors (Lipinski definition) is 0. The van der Waals surface area contributed by atoms with Crippen molar-refractivity contribution in [1.29, 1.82) is 10.5 Å². The van der Waals surface area contributed by atoms with Crippen molar-refractivity contribution in [3.63, 3.8) is 0 Å². The van der Waals surface area contributed by atoms with Gasteiger partial charge in [0.25, 0.3) is 0 Å². The van der Waals surface area contributed by atoms with E-state index in [0.717, 1.165) is 26.7 Å². The molecule has 0 N–H and O–H groups in total. The molecule has 0 aromatic heterocycles. The first-order valence-electron chi connectivity index (χ1n) is 10.6. The van der Waals surface area contributed by atoms with Gasteiger partial charge in [-0.1, -0.05) is 76.6 Å². The fourth-order valence-corrected chi connectivity index (χ4v) is 5.35. The van der Waals surface area contributed by atoms with Crippen molar-refractivity contribution in [2.24, 2.45) is 0 Å². The third-order valence-corrected chi connectivity index (χ3v) is 7.04. The molecule has 152 valence electrons. The van der Waals surface area contributed by atoms with E-state index >= 15 is 0 Å². The molecule has 0 heterocycles. The summed E-state index contributed by atoms with van der Waals surface area (Å²) in [5.41, 5.74) is 5.78. The summed E-state index contributed by atoms with van der Waals surface area (Å²) in [6.45, 7) is 0. The maximum Gasteiger partial charge on any atom is 0.0991 e. The monoisotopic (exact) mass is 482 g/mol. The lowest BCUT2D eigenvalue weighted by molar-refractivity contribution is 1.48. The largest absolute Gasteiger partial charge is 0.192 e. The van der Waals surface area contributed by atoms with E-state index in [0.29, 0.717) is 11.1 Å². The highest BCUT2D eigenvalue weighted by Gasteiger charge is 2.16. The molecule has 6 aromatic rings. The molecule has 0 bridgehead atoms. The van der Waals surface area contributed by atoms with Crippen molar-refractivity contribution in [2.75, 3.05) is 0 Å². The summed E-state index contributed by atoms with van der Waals surface area (Å²) in [5, 5.41) is 25.6. The van der Waals surface area contributed by atoms with Crippen LogP contribution in [0.25, 0.3) is 54.6 Å². The van der Waals surface area contributed by atoms with Gasteiger partial charge in [0.1, 0.15) is 0 Å². The van der Waals surface area contributed by atoms with E-state index in [4.69, 9.17) is 5.26 Å². The number of rotatable bonds is 2. The van der Waals surface area contributed by atoms with Gasteiger partial charge in [0.15, 0.2) is 0 Å². The van der Waals surface area contributed by atoms with Crippen molar-refractivity contribution >= 4 is 48.2 Å². The van der Waals surface area contributed by atoms with Gasteiger partial charge >= 0.3 is 0 Å². The minimum absolute atomic E-state index is 0.655. The lowest BCUT2D eigenvalue weighted by Gasteiger charge is -2.17. The van der Waals surface area contributed by atoms with E-state index in [1.165, 1.54) is 32.3 Å². The van der Waals surface area contributed by atoms with Gasteiger partial charge in [-0.15, -0.1) is 0 Å². The Morgan fingerprint density at radius 3 is 1.67 bits per heavy atom. The Kier molecular flexibility index (Phi) is 4.40. The zero-order valence-electron chi connectivity index (χ0n) is 17.4. The second-order valence-electron chi connectivity index (χ2n) is 8.14. The van der Waals surface area contributed by atoms with Gasteiger partial charge in [-0.2, -0.15) is 10.5 Å². The molecule has 0 saturated carbocycles. The van der Waals surface area contributed by atoms with E-state index in [2.05, 4.69) is 70.5 Å². The average molecular weight is 483 g/mol. The van der Waals surface area contributed by atoms with Crippen LogP contribution < -0.4 is 0 Å². The SMILES string of the molecule is N#Cc1ccc(-c2ccc3ccc4c(-c5ccc(C#N)cc5)cc(Br)c5ccc2c3c54)cc1. The van der Waals surface area contributed by atoms with Crippen LogP contribution in [0.2, 0.25) is 0 Å². The van der Waals surface area contributed by atoms with Crippen LogP contribution in [0.15, 0.2) is 95.5 Å². The topological polar surface area (TPSA) is 47.6 Å². The summed E-state index contributed by atoms with van der Waals surface area (Å²) in [6, 6.07) is 35.2. The minimum atomic E-state index is 0.655. The molecule has 33 heavy (non-hydrogen) atoms. The molecular formula is C30H15BrN2. The lowest BCUT2D eigenvalue weighted by Crippen LogP contribution is -1.90. The molecule has 0 amide bonds. The molecule has 0 atom stereocenters. The van der Waals surface area contributed by atoms with Crippen molar-refractivity contribution in [1.82, 2.24) is 0 Å². The van der Waals surface area contributed by atoms with Gasteiger partial charge in [0.05, 0.1) is 23.3 Å². The smallest absolute Gasteiger partial charge is 0.0991 e. The highest BCUT2D eigenvalue weighted by Crippen LogP contribution is 2.44. The predicted octanol–water partition coefficient (Wildman–Crippen LogP) is 8.42. The fraction of sp³-hybridized carbons (Fsp3) is 0. The van der Waals surface area contributed by atoms with Crippen LogP contribution in [0.1, 0.15) is 11.1 Å². The zero-order chi connectivity index (χ0) is 22.5. The summed E-state index contributed by atoms with van der Waals surface area (Å²) in [4.78, 5) is 0. The van der Waals surface area contributed by atoms with E-state index in [9.17, 15) is 5.26 Å². The Morgan fingerprint density at radius 1 is 0.515 bits per heavy atom. The molecule has 0 fully saturated rings. The standard InChI is InChI=1S/C30H15BrN2/c31-28-15-27(21-7-3-19(17-33)4-8-21)25-12-10-22-9-11-23(20-5-1-18(16-32)2-6-20)24-13-14-26(28)30(25)29(22)24/h1-15H. The molecule has 0 radical (unpaired) electrons. The van der Waals surface area contributed by atoms with Crippen LogP contribution in [-0.2, 0) is 0 Å². The van der Waals surface area contributed by atoms with Gasteiger partial charge in [0.2, 0.25) is 0 Å². The van der Waals surface area contributed by atoms with Crippen LogP contribution >= 0.6 is 15.9 Å². The zero-order valence-corrected chi connectivity index (χ0v) is 19.0. The van der Waals surface area contributed by atoms with E-state index < -0.39 is 0 Å². The number of benzene rings is 6. The molecule has 0 unspecified atom stereocenters. The lowest BCUT2D eigenvalue weighted by atomic mass is 9.87. The number of halogens is 1. The first-order chi connectivity index (χ1) is 16.2. The van der Waals surface area contributed by atoms with Crippen LogP contribution in [0, 0.1) is 22.7 Å². The quantitative estimate of drug-likeness (QED) is 0.232. The van der Waals surface area contributed by atoms with Crippen LogP contribution in [-0.4, -0.2) is 0 Å². The Balaban J connectivity index is 1.69. The maximum atomic E-state index is 9.18. The summed E-state index contributed by atoms with van der Waals surface area (Å²) in [6.07, 6.45) is 0. The van der Waals surface area contributed by atoms with Gasteiger partial charge in [-0.25, -0.2) is 0 Å².